The van der Waals surface area contributed by atoms with Crippen LogP contribution in [0.15, 0.2) is 41.6 Å². The van der Waals surface area contributed by atoms with Crippen molar-refractivity contribution in [2.24, 2.45) is 5.10 Å². The molecule has 0 atom stereocenters. The highest BCUT2D eigenvalue weighted by Crippen LogP contribution is 2.21. The molecular weight excluding hydrogens is 308 g/mol. The Kier molecular flexibility index (Phi) is 4.46. The summed E-state index contributed by atoms with van der Waals surface area (Å²) in [6.45, 7) is 3.90. The fraction of sp³-hybridized carbons (Fsp3) is 0.188. The summed E-state index contributed by atoms with van der Waals surface area (Å²) in [5.41, 5.74) is 5.73. The number of rotatable bonds is 5. The Morgan fingerprint density at radius 2 is 2.00 bits per heavy atom. The highest BCUT2D eigenvalue weighted by atomic mass is 16.5. The minimum absolute atomic E-state index is 0.259. The summed E-state index contributed by atoms with van der Waals surface area (Å²) in [6, 6.07) is 9.75. The number of aromatic nitrogens is 4. The van der Waals surface area contributed by atoms with E-state index in [9.17, 15) is 4.79 Å². The van der Waals surface area contributed by atoms with E-state index in [4.69, 9.17) is 4.74 Å². The van der Waals surface area contributed by atoms with Gasteiger partial charge in [0.1, 0.15) is 11.1 Å². The molecule has 8 heteroatoms. The van der Waals surface area contributed by atoms with E-state index >= 15 is 0 Å². The van der Waals surface area contributed by atoms with Crippen molar-refractivity contribution in [3.8, 4) is 0 Å². The van der Waals surface area contributed by atoms with Crippen LogP contribution in [0.1, 0.15) is 29.8 Å². The highest BCUT2D eigenvalue weighted by Gasteiger charge is 2.17. The Bertz CT molecular complexity index is 888. The lowest BCUT2D eigenvalue weighted by molar-refractivity contribution is 0.0528. The number of anilines is 1. The van der Waals surface area contributed by atoms with Crippen LogP contribution in [0.4, 0.5) is 5.82 Å². The molecule has 0 fully saturated rings. The first-order valence-electron chi connectivity index (χ1n) is 7.43. The third-order valence-corrected chi connectivity index (χ3v) is 3.37. The predicted molar refractivity (Wildman–Crippen MR) is 89.9 cm³/mol. The van der Waals surface area contributed by atoms with Crippen molar-refractivity contribution in [3.63, 3.8) is 0 Å². The maximum atomic E-state index is 11.9. The molecule has 1 aromatic carbocycles. The van der Waals surface area contributed by atoms with E-state index in [1.807, 2.05) is 37.3 Å². The molecule has 0 radical (unpaired) electrons. The molecule has 0 saturated carbocycles. The van der Waals surface area contributed by atoms with Crippen LogP contribution in [-0.2, 0) is 4.74 Å². The van der Waals surface area contributed by atoms with Gasteiger partial charge in [-0.3, -0.25) is 5.43 Å². The normalized spacial score (nSPS) is 11.5. The van der Waals surface area contributed by atoms with Gasteiger partial charge in [0.05, 0.1) is 12.3 Å². The predicted octanol–water partition coefficient (Wildman–Crippen LogP) is 2.37. The number of aromatic amines is 1. The van der Waals surface area contributed by atoms with Crippen LogP contribution in [0.25, 0.3) is 11.0 Å². The van der Waals surface area contributed by atoms with E-state index in [0.717, 1.165) is 11.3 Å². The lowest BCUT2D eigenvalue weighted by Gasteiger charge is -2.05. The van der Waals surface area contributed by atoms with Crippen molar-refractivity contribution in [2.75, 3.05) is 12.0 Å². The summed E-state index contributed by atoms with van der Waals surface area (Å²) in [5, 5.41) is 14.8. The van der Waals surface area contributed by atoms with Gasteiger partial charge in [-0.1, -0.05) is 30.3 Å². The lowest BCUT2D eigenvalue weighted by Crippen LogP contribution is -2.07. The molecular formula is C16H16N6O2. The number of ether oxygens (including phenoxy) is 1. The van der Waals surface area contributed by atoms with Crippen molar-refractivity contribution >= 4 is 28.5 Å². The molecule has 3 aromatic rings. The van der Waals surface area contributed by atoms with Gasteiger partial charge >= 0.3 is 5.97 Å². The molecule has 0 bridgehead atoms. The van der Waals surface area contributed by atoms with E-state index in [1.165, 1.54) is 6.20 Å². The van der Waals surface area contributed by atoms with Gasteiger partial charge in [0.25, 0.3) is 0 Å². The number of hydrogen-bond acceptors (Lipinski definition) is 7. The molecule has 0 saturated heterocycles. The number of carbonyl (C=O) groups is 1. The van der Waals surface area contributed by atoms with Gasteiger partial charge in [0.2, 0.25) is 0 Å². The first-order valence-corrected chi connectivity index (χ1v) is 7.43. The molecule has 24 heavy (non-hydrogen) atoms. The number of esters is 1. The van der Waals surface area contributed by atoms with Crippen molar-refractivity contribution in [1.29, 1.82) is 0 Å². The largest absolute Gasteiger partial charge is 0.462 e. The van der Waals surface area contributed by atoms with Gasteiger partial charge in [-0.25, -0.2) is 9.78 Å². The van der Waals surface area contributed by atoms with Crippen molar-refractivity contribution in [3.05, 3.63) is 47.7 Å². The third kappa shape index (κ3) is 3.07. The monoisotopic (exact) mass is 324 g/mol. The summed E-state index contributed by atoms with van der Waals surface area (Å²) in [5.74, 6) is -0.0819. The topological polar surface area (TPSA) is 105 Å². The molecule has 0 unspecified atom stereocenters. The molecule has 8 nitrogen and oxygen atoms in total. The van der Waals surface area contributed by atoms with Gasteiger partial charge in [-0.05, 0) is 19.4 Å². The number of H-pyrrole nitrogens is 1. The number of nitrogens with one attached hydrogen (secondary N) is 2. The van der Waals surface area contributed by atoms with Crippen LogP contribution in [-0.4, -0.2) is 38.7 Å². The van der Waals surface area contributed by atoms with Gasteiger partial charge in [-0.15, -0.1) is 0 Å². The van der Waals surface area contributed by atoms with E-state index in [-0.39, 0.29) is 12.2 Å². The second-order valence-corrected chi connectivity index (χ2v) is 4.94. The number of pyridine rings is 1. The Hall–Kier alpha value is -3.29. The summed E-state index contributed by atoms with van der Waals surface area (Å²) in [4.78, 5) is 16.1. The molecule has 0 amide bonds. The molecule has 3 rings (SSSR count). The molecule has 0 aliphatic heterocycles. The number of hydrogen-bond donors (Lipinski definition) is 2. The smallest absolute Gasteiger partial charge is 0.342 e. The van der Waals surface area contributed by atoms with Gasteiger partial charge < -0.3 is 4.74 Å². The highest BCUT2D eigenvalue weighted by molar-refractivity contribution is 6.04. The van der Waals surface area contributed by atoms with Crippen LogP contribution >= 0.6 is 0 Å². The maximum absolute atomic E-state index is 11.9. The minimum Gasteiger partial charge on any atom is -0.462 e. The zero-order valence-corrected chi connectivity index (χ0v) is 13.3. The fourth-order valence-corrected chi connectivity index (χ4v) is 2.16. The van der Waals surface area contributed by atoms with E-state index < -0.39 is 5.97 Å². The maximum Gasteiger partial charge on any atom is 0.342 e. The summed E-state index contributed by atoms with van der Waals surface area (Å²) in [6.07, 6.45) is 1.40. The van der Waals surface area contributed by atoms with E-state index in [0.29, 0.717) is 16.9 Å². The van der Waals surface area contributed by atoms with Crippen LogP contribution in [0.5, 0.6) is 0 Å². The first kappa shape index (κ1) is 15.6. The van der Waals surface area contributed by atoms with E-state index in [1.54, 1.807) is 6.92 Å². The van der Waals surface area contributed by atoms with Gasteiger partial charge in [0.15, 0.2) is 11.3 Å². The number of fused-ring (bicyclic) bond motifs is 1. The minimum atomic E-state index is -0.487. The summed E-state index contributed by atoms with van der Waals surface area (Å²) in [7, 11) is 0. The Balaban J connectivity index is 1.90. The fourth-order valence-electron chi connectivity index (χ4n) is 2.16. The standard InChI is InChI=1S/C16H16N6O2/c1-3-24-16(23)12-9-17-15(14-13(12)19-22-20-14)21-18-10(2)11-7-5-4-6-8-11/h4-9H,3H2,1-2H3,(H,17,21)(H,19,20,22). The zero-order chi connectivity index (χ0) is 16.9. The van der Waals surface area contributed by atoms with E-state index in [2.05, 4.69) is 30.9 Å². The lowest BCUT2D eigenvalue weighted by atomic mass is 10.1. The van der Waals surface area contributed by atoms with Crippen molar-refractivity contribution < 1.29 is 9.53 Å². The Morgan fingerprint density at radius 1 is 1.25 bits per heavy atom. The zero-order valence-electron chi connectivity index (χ0n) is 13.3. The molecule has 0 aliphatic rings. The average Bonchev–Trinajstić information content (AvgIpc) is 3.10. The van der Waals surface area contributed by atoms with Crippen LogP contribution in [0.2, 0.25) is 0 Å². The molecule has 122 valence electrons. The number of hydrazone groups is 1. The van der Waals surface area contributed by atoms with Gasteiger partial charge in [0, 0.05) is 6.20 Å². The number of carbonyl (C=O) groups excluding carboxylic acids is 1. The molecule has 0 spiro atoms. The first-order chi connectivity index (χ1) is 11.7. The molecule has 2 heterocycles. The number of benzene rings is 1. The van der Waals surface area contributed by atoms with Gasteiger partial charge in [-0.2, -0.15) is 20.5 Å². The SMILES string of the molecule is CCOC(=O)c1cnc(NN=C(C)c2ccccc2)c2n[nH]nc12. The van der Waals surface area contributed by atoms with Crippen LogP contribution in [0, 0.1) is 0 Å². The van der Waals surface area contributed by atoms with Crippen LogP contribution in [0.3, 0.4) is 0 Å². The van der Waals surface area contributed by atoms with Crippen molar-refractivity contribution in [1.82, 2.24) is 20.4 Å². The third-order valence-electron chi connectivity index (χ3n) is 3.37. The summed E-state index contributed by atoms with van der Waals surface area (Å²) >= 11 is 0. The van der Waals surface area contributed by atoms with Crippen molar-refractivity contribution in [2.45, 2.75) is 13.8 Å². The Labute approximate surface area is 137 Å². The Morgan fingerprint density at radius 3 is 2.75 bits per heavy atom. The molecule has 0 aliphatic carbocycles. The quantitative estimate of drug-likeness (QED) is 0.424. The number of nitrogens with zero attached hydrogens (tertiary/aromatic N) is 4. The summed E-state index contributed by atoms with van der Waals surface area (Å²) < 4.78 is 4.99. The second kappa shape index (κ2) is 6.86. The molecule has 2 N–H and O–H groups in total. The van der Waals surface area contributed by atoms with Crippen LogP contribution < -0.4 is 5.43 Å². The second-order valence-electron chi connectivity index (χ2n) is 4.94. The molecule has 2 aromatic heterocycles. The average molecular weight is 324 g/mol.